The highest BCUT2D eigenvalue weighted by atomic mass is 16.5. The molecule has 25 heavy (non-hydrogen) atoms. The van der Waals surface area contributed by atoms with Crippen LogP contribution < -0.4 is 0 Å². The van der Waals surface area contributed by atoms with Gasteiger partial charge in [0.25, 0.3) is 0 Å². The number of ether oxygens (including phenoxy) is 1. The number of hydrogen-bond donors (Lipinski definition) is 4. The van der Waals surface area contributed by atoms with E-state index in [1.54, 1.807) is 20.8 Å². The molecule has 0 aliphatic rings. The molecule has 4 N–H and O–H groups in total. The standard InChI is InChI=1S/C18H26O7/c1-11(8-14(20)9-19)15(21)18(2,3)10-25-17(24)13-6-4-12(5-7-13)16(22)23/h4-7,11,14-15,19-21H,8-10H2,1-3H3,(H,22,23). The summed E-state index contributed by atoms with van der Waals surface area (Å²) in [6.45, 7) is 4.80. The molecule has 140 valence electrons. The van der Waals surface area contributed by atoms with Gasteiger partial charge >= 0.3 is 11.9 Å². The maximum Gasteiger partial charge on any atom is 0.338 e. The minimum atomic E-state index is -1.08. The third-order valence-corrected chi connectivity index (χ3v) is 4.14. The molecule has 7 nitrogen and oxygen atoms in total. The van der Waals surface area contributed by atoms with E-state index in [-0.39, 0.29) is 36.7 Å². The summed E-state index contributed by atoms with van der Waals surface area (Å²) in [4.78, 5) is 22.9. The molecular formula is C18H26O7. The molecule has 7 heteroatoms. The van der Waals surface area contributed by atoms with E-state index in [1.165, 1.54) is 24.3 Å². The van der Waals surface area contributed by atoms with Crippen molar-refractivity contribution in [3.8, 4) is 0 Å². The largest absolute Gasteiger partial charge is 0.478 e. The van der Waals surface area contributed by atoms with E-state index in [1.807, 2.05) is 0 Å². The number of carboxylic acids is 1. The predicted molar refractivity (Wildman–Crippen MR) is 90.3 cm³/mol. The van der Waals surface area contributed by atoms with Crippen LogP contribution >= 0.6 is 0 Å². The average Bonchev–Trinajstić information content (AvgIpc) is 2.58. The summed E-state index contributed by atoms with van der Waals surface area (Å²) in [7, 11) is 0. The molecule has 3 atom stereocenters. The van der Waals surface area contributed by atoms with Crippen molar-refractivity contribution in [2.24, 2.45) is 11.3 Å². The number of esters is 1. The van der Waals surface area contributed by atoms with E-state index in [0.717, 1.165) is 0 Å². The van der Waals surface area contributed by atoms with Gasteiger partial charge in [-0.3, -0.25) is 0 Å². The molecule has 1 aromatic rings. The van der Waals surface area contributed by atoms with Gasteiger partial charge in [-0.05, 0) is 36.6 Å². The summed E-state index contributed by atoms with van der Waals surface area (Å²) in [6.07, 6.45) is -1.53. The lowest BCUT2D eigenvalue weighted by atomic mass is 9.79. The number of carbonyl (C=O) groups is 2. The number of aliphatic hydroxyl groups is 3. The lowest BCUT2D eigenvalue weighted by molar-refractivity contribution is -0.0492. The van der Waals surface area contributed by atoms with Gasteiger partial charge in [-0.1, -0.05) is 20.8 Å². The molecular weight excluding hydrogens is 328 g/mol. The topological polar surface area (TPSA) is 124 Å². The van der Waals surface area contributed by atoms with Gasteiger partial charge in [0.2, 0.25) is 0 Å². The van der Waals surface area contributed by atoms with Gasteiger partial charge < -0.3 is 25.2 Å². The third-order valence-electron chi connectivity index (χ3n) is 4.14. The first-order valence-corrected chi connectivity index (χ1v) is 8.06. The number of carboxylic acid groups (broad SMARTS) is 1. The zero-order chi connectivity index (χ0) is 19.2. The molecule has 0 aromatic heterocycles. The molecule has 0 bridgehead atoms. The van der Waals surface area contributed by atoms with Crippen molar-refractivity contribution in [3.05, 3.63) is 35.4 Å². The lowest BCUT2D eigenvalue weighted by Crippen LogP contribution is -2.40. The van der Waals surface area contributed by atoms with Crippen molar-refractivity contribution in [1.29, 1.82) is 0 Å². The summed E-state index contributed by atoms with van der Waals surface area (Å²) in [6, 6.07) is 5.37. The molecule has 0 amide bonds. The van der Waals surface area contributed by atoms with Gasteiger partial charge in [0, 0.05) is 5.41 Å². The van der Waals surface area contributed by atoms with Gasteiger partial charge in [0.05, 0.1) is 36.5 Å². The van der Waals surface area contributed by atoms with Crippen LogP contribution in [0, 0.1) is 11.3 Å². The Kier molecular flexibility index (Phi) is 7.54. The summed E-state index contributed by atoms with van der Waals surface area (Å²) in [5, 5.41) is 37.6. The number of hydrogen-bond acceptors (Lipinski definition) is 6. The summed E-state index contributed by atoms with van der Waals surface area (Å²) in [5.74, 6) is -1.99. The molecule has 0 saturated heterocycles. The van der Waals surface area contributed by atoms with E-state index >= 15 is 0 Å². The van der Waals surface area contributed by atoms with E-state index in [0.29, 0.717) is 0 Å². The second kappa shape index (κ2) is 8.94. The van der Waals surface area contributed by atoms with Crippen LogP contribution in [0.1, 0.15) is 47.9 Å². The van der Waals surface area contributed by atoms with Crippen LogP contribution in [0.2, 0.25) is 0 Å². The van der Waals surface area contributed by atoms with Crippen LogP contribution in [-0.2, 0) is 4.74 Å². The summed E-state index contributed by atoms with van der Waals surface area (Å²) >= 11 is 0. The Morgan fingerprint density at radius 3 is 2.12 bits per heavy atom. The number of benzene rings is 1. The minimum absolute atomic E-state index is 0.0484. The Morgan fingerprint density at radius 2 is 1.64 bits per heavy atom. The zero-order valence-corrected chi connectivity index (χ0v) is 14.7. The Hall–Kier alpha value is -1.96. The predicted octanol–water partition coefficient (Wildman–Crippen LogP) is 1.31. The van der Waals surface area contributed by atoms with Crippen LogP contribution in [0.15, 0.2) is 24.3 Å². The van der Waals surface area contributed by atoms with E-state index in [2.05, 4.69) is 0 Å². The second-order valence-corrected chi connectivity index (χ2v) is 6.94. The Balaban J connectivity index is 2.64. The Labute approximate surface area is 146 Å². The monoisotopic (exact) mass is 354 g/mol. The minimum Gasteiger partial charge on any atom is -0.478 e. The first-order chi connectivity index (χ1) is 11.6. The van der Waals surface area contributed by atoms with Gasteiger partial charge in [0.1, 0.15) is 0 Å². The quantitative estimate of drug-likeness (QED) is 0.493. The van der Waals surface area contributed by atoms with E-state index in [9.17, 15) is 19.8 Å². The van der Waals surface area contributed by atoms with Crippen LogP contribution in [0.3, 0.4) is 0 Å². The van der Waals surface area contributed by atoms with Gasteiger partial charge in [-0.15, -0.1) is 0 Å². The van der Waals surface area contributed by atoms with Crippen molar-refractivity contribution >= 4 is 11.9 Å². The van der Waals surface area contributed by atoms with E-state index < -0.39 is 29.6 Å². The highest BCUT2D eigenvalue weighted by Crippen LogP contribution is 2.29. The van der Waals surface area contributed by atoms with Crippen molar-refractivity contribution < 1.29 is 34.8 Å². The number of rotatable bonds is 9. The van der Waals surface area contributed by atoms with Crippen molar-refractivity contribution in [1.82, 2.24) is 0 Å². The maximum absolute atomic E-state index is 12.1. The first-order valence-electron chi connectivity index (χ1n) is 8.06. The Bertz CT molecular complexity index is 580. The van der Waals surface area contributed by atoms with Gasteiger partial charge in [-0.25, -0.2) is 9.59 Å². The molecule has 0 saturated carbocycles. The summed E-state index contributed by atoms with van der Waals surface area (Å²) < 4.78 is 5.24. The fraction of sp³-hybridized carbons (Fsp3) is 0.556. The fourth-order valence-electron chi connectivity index (χ4n) is 2.57. The van der Waals surface area contributed by atoms with Crippen LogP contribution in [0.4, 0.5) is 0 Å². The maximum atomic E-state index is 12.1. The molecule has 0 heterocycles. The Morgan fingerprint density at radius 1 is 1.12 bits per heavy atom. The normalized spacial score (nSPS) is 15.3. The molecule has 0 aliphatic carbocycles. The highest BCUT2D eigenvalue weighted by molar-refractivity contribution is 5.92. The second-order valence-electron chi connectivity index (χ2n) is 6.94. The molecule has 0 radical (unpaired) electrons. The third kappa shape index (κ3) is 6.12. The van der Waals surface area contributed by atoms with Gasteiger partial charge in [-0.2, -0.15) is 0 Å². The van der Waals surface area contributed by atoms with E-state index in [4.69, 9.17) is 14.9 Å². The van der Waals surface area contributed by atoms with Crippen LogP contribution in [0.5, 0.6) is 0 Å². The van der Waals surface area contributed by atoms with Crippen LogP contribution in [0.25, 0.3) is 0 Å². The molecule has 1 rings (SSSR count). The molecule has 0 fully saturated rings. The molecule has 3 unspecified atom stereocenters. The molecule has 1 aromatic carbocycles. The molecule has 0 spiro atoms. The fourth-order valence-corrected chi connectivity index (χ4v) is 2.57. The number of aromatic carboxylic acids is 1. The van der Waals surface area contributed by atoms with Gasteiger partial charge in [0.15, 0.2) is 0 Å². The highest BCUT2D eigenvalue weighted by Gasteiger charge is 2.34. The average molecular weight is 354 g/mol. The summed E-state index contributed by atoms with van der Waals surface area (Å²) in [5.41, 5.74) is -0.465. The van der Waals surface area contributed by atoms with Crippen molar-refractivity contribution in [2.75, 3.05) is 13.2 Å². The number of aliphatic hydroxyl groups excluding tert-OH is 3. The van der Waals surface area contributed by atoms with Crippen molar-refractivity contribution in [3.63, 3.8) is 0 Å². The smallest absolute Gasteiger partial charge is 0.338 e. The van der Waals surface area contributed by atoms with Crippen molar-refractivity contribution in [2.45, 2.75) is 39.4 Å². The van der Waals surface area contributed by atoms with Crippen LogP contribution in [-0.4, -0.2) is 57.8 Å². The first kappa shape index (κ1) is 21.1. The molecule has 0 aliphatic heterocycles. The SMILES string of the molecule is CC(CC(O)CO)C(O)C(C)(C)COC(=O)c1ccc(C(=O)O)cc1. The number of carbonyl (C=O) groups excluding carboxylic acids is 1. The lowest BCUT2D eigenvalue weighted by Gasteiger charge is -2.34. The zero-order valence-electron chi connectivity index (χ0n) is 14.7.